The fourth-order valence-electron chi connectivity index (χ4n) is 1.39. The highest BCUT2D eigenvalue weighted by atomic mass is 79.9. The molecule has 0 aliphatic rings. The summed E-state index contributed by atoms with van der Waals surface area (Å²) in [5.41, 5.74) is 1.94. The number of benzene rings is 1. The number of pyridine rings is 1. The number of alkyl halides is 1. The van der Waals surface area contributed by atoms with Crippen molar-refractivity contribution in [2.75, 3.05) is 0 Å². The molecule has 4 heteroatoms. The molecule has 2 nitrogen and oxygen atoms in total. The van der Waals surface area contributed by atoms with Crippen molar-refractivity contribution in [1.82, 2.24) is 4.98 Å². The molecular weight excluding hydrogens is 310 g/mol. The molecule has 0 atom stereocenters. The summed E-state index contributed by atoms with van der Waals surface area (Å²) in [6.07, 6.45) is 0. The first-order valence-electron chi connectivity index (χ1n) is 4.09. The van der Waals surface area contributed by atoms with Gasteiger partial charge in [-0.15, -0.1) is 0 Å². The molecule has 0 amide bonds. The van der Waals surface area contributed by atoms with E-state index < -0.39 is 0 Å². The SMILES string of the molecule is O=c1ccc2c(CBr)ccc(Br)c2[nH]1. The molecule has 2 rings (SSSR count). The molecule has 0 radical (unpaired) electrons. The normalized spacial score (nSPS) is 10.7. The molecule has 0 spiro atoms. The molecule has 1 heterocycles. The van der Waals surface area contributed by atoms with Crippen LogP contribution in [0.1, 0.15) is 5.56 Å². The maximum absolute atomic E-state index is 11.1. The standard InChI is InChI=1S/C10H7Br2NO/c11-5-6-1-3-8(12)10-7(6)2-4-9(14)13-10/h1-4H,5H2,(H,13,14). The molecule has 0 saturated carbocycles. The van der Waals surface area contributed by atoms with Crippen LogP contribution in [0, 0.1) is 0 Å². The Morgan fingerprint density at radius 1 is 1.21 bits per heavy atom. The number of fused-ring (bicyclic) bond motifs is 1. The Morgan fingerprint density at radius 3 is 2.71 bits per heavy atom. The Kier molecular flexibility index (Phi) is 2.74. The van der Waals surface area contributed by atoms with Gasteiger partial charge in [0.2, 0.25) is 5.56 Å². The Bertz CT molecular complexity index is 533. The third-order valence-corrected chi connectivity index (χ3v) is 3.34. The summed E-state index contributed by atoms with van der Waals surface area (Å²) in [7, 11) is 0. The summed E-state index contributed by atoms with van der Waals surface area (Å²) in [5.74, 6) is 0. The quantitative estimate of drug-likeness (QED) is 0.805. The smallest absolute Gasteiger partial charge is 0.248 e. The summed E-state index contributed by atoms with van der Waals surface area (Å²) in [4.78, 5) is 14.0. The molecule has 0 aliphatic carbocycles. The Labute approximate surface area is 97.6 Å². The second-order valence-corrected chi connectivity index (χ2v) is 4.37. The molecule has 0 fully saturated rings. The van der Waals surface area contributed by atoms with Crippen LogP contribution in [0.5, 0.6) is 0 Å². The van der Waals surface area contributed by atoms with E-state index in [9.17, 15) is 4.79 Å². The number of rotatable bonds is 1. The second kappa shape index (κ2) is 3.87. The van der Waals surface area contributed by atoms with E-state index in [0.29, 0.717) is 0 Å². The van der Waals surface area contributed by atoms with Crippen molar-refractivity contribution < 1.29 is 0 Å². The van der Waals surface area contributed by atoms with Gasteiger partial charge in [-0.05, 0) is 33.6 Å². The molecule has 1 N–H and O–H groups in total. The van der Waals surface area contributed by atoms with Crippen molar-refractivity contribution in [1.29, 1.82) is 0 Å². The van der Waals surface area contributed by atoms with Gasteiger partial charge in [0.05, 0.1) is 5.52 Å². The molecule has 72 valence electrons. The zero-order valence-corrected chi connectivity index (χ0v) is 10.4. The minimum atomic E-state index is -0.0788. The zero-order chi connectivity index (χ0) is 10.1. The summed E-state index contributed by atoms with van der Waals surface area (Å²) >= 11 is 6.82. The van der Waals surface area contributed by atoms with Crippen LogP contribution in [-0.4, -0.2) is 4.98 Å². The first-order valence-corrected chi connectivity index (χ1v) is 6.00. The number of nitrogens with one attached hydrogen (secondary N) is 1. The number of halogens is 2. The molecule has 0 bridgehead atoms. The molecule has 1 aromatic carbocycles. The van der Waals surface area contributed by atoms with Gasteiger partial charge in [-0.1, -0.05) is 22.0 Å². The maximum Gasteiger partial charge on any atom is 0.248 e. The topological polar surface area (TPSA) is 32.9 Å². The van der Waals surface area contributed by atoms with Gasteiger partial charge >= 0.3 is 0 Å². The molecule has 2 aromatic rings. The lowest BCUT2D eigenvalue weighted by Crippen LogP contribution is -2.03. The van der Waals surface area contributed by atoms with E-state index in [1.165, 1.54) is 5.56 Å². The van der Waals surface area contributed by atoms with Gasteiger partial charge in [-0.2, -0.15) is 0 Å². The number of aromatic amines is 1. The van der Waals surface area contributed by atoms with E-state index in [1.54, 1.807) is 6.07 Å². The molecule has 0 unspecified atom stereocenters. The predicted octanol–water partition coefficient (Wildman–Crippen LogP) is 3.19. The lowest BCUT2D eigenvalue weighted by Gasteiger charge is -2.04. The minimum absolute atomic E-state index is 0.0788. The fraction of sp³-hybridized carbons (Fsp3) is 0.100. The number of hydrogen-bond donors (Lipinski definition) is 1. The van der Waals surface area contributed by atoms with Gasteiger partial charge in [0, 0.05) is 21.3 Å². The van der Waals surface area contributed by atoms with Crippen LogP contribution in [-0.2, 0) is 5.33 Å². The summed E-state index contributed by atoms with van der Waals surface area (Å²) in [5, 5.41) is 1.85. The average Bonchev–Trinajstić information content (AvgIpc) is 2.19. The molecular formula is C10H7Br2NO. The van der Waals surface area contributed by atoms with Gasteiger partial charge in [-0.3, -0.25) is 4.79 Å². The Morgan fingerprint density at radius 2 is 2.00 bits per heavy atom. The monoisotopic (exact) mass is 315 g/mol. The van der Waals surface area contributed by atoms with Gasteiger partial charge < -0.3 is 4.98 Å². The molecule has 1 aromatic heterocycles. The van der Waals surface area contributed by atoms with E-state index in [-0.39, 0.29) is 5.56 Å². The van der Waals surface area contributed by atoms with Crippen molar-refractivity contribution in [3.8, 4) is 0 Å². The second-order valence-electron chi connectivity index (χ2n) is 2.95. The maximum atomic E-state index is 11.1. The third-order valence-electron chi connectivity index (χ3n) is 2.08. The van der Waals surface area contributed by atoms with Crippen molar-refractivity contribution in [2.24, 2.45) is 0 Å². The molecule has 0 aliphatic heterocycles. The van der Waals surface area contributed by atoms with Gasteiger partial charge in [0.25, 0.3) is 0 Å². The summed E-state index contributed by atoms with van der Waals surface area (Å²) in [6.45, 7) is 0. The van der Waals surface area contributed by atoms with Crippen molar-refractivity contribution in [3.05, 3.63) is 44.7 Å². The highest BCUT2D eigenvalue weighted by Gasteiger charge is 2.03. The van der Waals surface area contributed by atoms with Crippen molar-refractivity contribution >= 4 is 42.8 Å². The summed E-state index contributed by atoms with van der Waals surface area (Å²) in [6, 6.07) is 7.35. The Hall–Kier alpha value is -0.610. The first-order chi connectivity index (χ1) is 6.72. The van der Waals surface area contributed by atoms with E-state index in [4.69, 9.17) is 0 Å². The van der Waals surface area contributed by atoms with Gasteiger partial charge in [0.15, 0.2) is 0 Å². The van der Waals surface area contributed by atoms with Crippen LogP contribution in [0.25, 0.3) is 10.9 Å². The average molecular weight is 317 g/mol. The third kappa shape index (κ3) is 1.64. The number of aromatic nitrogens is 1. The van der Waals surface area contributed by atoms with E-state index in [0.717, 1.165) is 20.7 Å². The molecule has 0 saturated heterocycles. The van der Waals surface area contributed by atoms with Crippen LogP contribution < -0.4 is 5.56 Å². The minimum Gasteiger partial charge on any atom is -0.321 e. The summed E-state index contributed by atoms with van der Waals surface area (Å²) < 4.78 is 0.912. The van der Waals surface area contributed by atoms with Crippen LogP contribution in [0.15, 0.2) is 33.5 Å². The van der Waals surface area contributed by atoms with Gasteiger partial charge in [-0.25, -0.2) is 0 Å². The lowest BCUT2D eigenvalue weighted by molar-refractivity contribution is 1.29. The van der Waals surface area contributed by atoms with E-state index in [1.807, 2.05) is 18.2 Å². The van der Waals surface area contributed by atoms with Crippen LogP contribution >= 0.6 is 31.9 Å². The zero-order valence-electron chi connectivity index (χ0n) is 7.18. The van der Waals surface area contributed by atoms with Crippen LogP contribution in [0.3, 0.4) is 0 Å². The van der Waals surface area contributed by atoms with E-state index >= 15 is 0 Å². The van der Waals surface area contributed by atoms with Crippen LogP contribution in [0.2, 0.25) is 0 Å². The first kappa shape index (κ1) is 9.93. The van der Waals surface area contributed by atoms with Crippen molar-refractivity contribution in [2.45, 2.75) is 5.33 Å². The van der Waals surface area contributed by atoms with Gasteiger partial charge in [0.1, 0.15) is 0 Å². The highest BCUT2D eigenvalue weighted by Crippen LogP contribution is 2.25. The predicted molar refractivity (Wildman–Crippen MR) is 64.9 cm³/mol. The van der Waals surface area contributed by atoms with Crippen molar-refractivity contribution in [3.63, 3.8) is 0 Å². The number of H-pyrrole nitrogens is 1. The largest absolute Gasteiger partial charge is 0.321 e. The molecule has 14 heavy (non-hydrogen) atoms. The number of hydrogen-bond acceptors (Lipinski definition) is 1. The lowest BCUT2D eigenvalue weighted by atomic mass is 10.1. The van der Waals surface area contributed by atoms with E-state index in [2.05, 4.69) is 36.8 Å². The highest BCUT2D eigenvalue weighted by molar-refractivity contribution is 9.10. The van der Waals surface area contributed by atoms with Crippen LogP contribution in [0.4, 0.5) is 0 Å². The fourth-order valence-corrected chi connectivity index (χ4v) is 2.33. The Balaban J connectivity index is 2.91.